The second kappa shape index (κ2) is 44.9. The number of hydrogen-bond acceptors (Lipinski definition) is 5. The van der Waals surface area contributed by atoms with Crippen molar-refractivity contribution in [3.63, 3.8) is 0 Å². The van der Waals surface area contributed by atoms with Gasteiger partial charge in [-0.05, 0) is 77.0 Å². The number of phosphoric ester groups is 1. The zero-order valence-electron chi connectivity index (χ0n) is 41.3. The van der Waals surface area contributed by atoms with E-state index in [4.69, 9.17) is 9.05 Å². The van der Waals surface area contributed by atoms with Crippen molar-refractivity contribution in [1.29, 1.82) is 0 Å². The number of amides is 1. The van der Waals surface area contributed by atoms with Crippen molar-refractivity contribution in [2.45, 2.75) is 212 Å². The quantitative estimate of drug-likeness (QED) is 0.0243. The molecule has 1 amide bonds. The van der Waals surface area contributed by atoms with E-state index in [1.807, 2.05) is 27.2 Å². The zero-order chi connectivity index (χ0) is 46.4. The van der Waals surface area contributed by atoms with Crippen molar-refractivity contribution in [2.75, 3.05) is 40.9 Å². The molecule has 0 fully saturated rings. The molecule has 0 aromatic carbocycles. The predicted octanol–water partition coefficient (Wildman–Crippen LogP) is 14.9. The van der Waals surface area contributed by atoms with Gasteiger partial charge in [0.1, 0.15) is 13.2 Å². The minimum Gasteiger partial charge on any atom is -0.387 e. The van der Waals surface area contributed by atoms with Crippen LogP contribution in [0.25, 0.3) is 0 Å². The summed E-state index contributed by atoms with van der Waals surface area (Å²) in [5, 5.41) is 13.8. The van der Waals surface area contributed by atoms with Crippen LogP contribution in [0.3, 0.4) is 0 Å². The molecule has 3 N–H and O–H groups in total. The van der Waals surface area contributed by atoms with Crippen molar-refractivity contribution in [3.8, 4) is 0 Å². The Morgan fingerprint density at radius 1 is 0.556 bits per heavy atom. The van der Waals surface area contributed by atoms with Crippen molar-refractivity contribution in [1.82, 2.24) is 5.32 Å². The van der Waals surface area contributed by atoms with Gasteiger partial charge in [0.2, 0.25) is 5.91 Å². The smallest absolute Gasteiger partial charge is 0.387 e. The van der Waals surface area contributed by atoms with Crippen LogP contribution in [0.4, 0.5) is 0 Å². The molecule has 364 valence electrons. The van der Waals surface area contributed by atoms with E-state index < -0.39 is 20.0 Å². The van der Waals surface area contributed by atoms with Crippen LogP contribution in [0.15, 0.2) is 85.1 Å². The van der Waals surface area contributed by atoms with Crippen molar-refractivity contribution < 1.29 is 32.9 Å². The summed E-state index contributed by atoms with van der Waals surface area (Å²) in [5.41, 5.74) is 0. The van der Waals surface area contributed by atoms with Gasteiger partial charge in [0.05, 0.1) is 39.9 Å². The fourth-order valence-corrected chi connectivity index (χ4v) is 7.58. The third kappa shape index (κ3) is 47.5. The molecule has 0 heterocycles. The minimum atomic E-state index is -4.35. The van der Waals surface area contributed by atoms with E-state index in [-0.39, 0.29) is 19.1 Å². The van der Waals surface area contributed by atoms with Gasteiger partial charge in [-0.25, -0.2) is 4.57 Å². The number of aliphatic hydroxyl groups excluding tert-OH is 1. The Morgan fingerprint density at radius 3 is 1.46 bits per heavy atom. The molecule has 8 nitrogen and oxygen atoms in total. The van der Waals surface area contributed by atoms with E-state index in [9.17, 15) is 19.4 Å². The van der Waals surface area contributed by atoms with Gasteiger partial charge < -0.3 is 19.8 Å². The van der Waals surface area contributed by atoms with Crippen LogP contribution in [0, 0.1) is 0 Å². The number of nitrogens with one attached hydrogen (secondary N) is 1. The maximum Gasteiger partial charge on any atom is 0.472 e. The van der Waals surface area contributed by atoms with Gasteiger partial charge in [0, 0.05) is 6.42 Å². The highest BCUT2D eigenvalue weighted by atomic mass is 31.2. The molecular weight excluding hydrogens is 804 g/mol. The van der Waals surface area contributed by atoms with Gasteiger partial charge in [0.25, 0.3) is 0 Å². The molecule has 0 saturated carbocycles. The lowest BCUT2D eigenvalue weighted by Crippen LogP contribution is -2.45. The number of rotatable bonds is 45. The summed E-state index contributed by atoms with van der Waals surface area (Å²) >= 11 is 0. The standard InChI is InChI=1S/C54H97N2O6P/c1-6-8-10-12-14-16-18-19-20-21-22-23-24-25-26-27-28-29-30-31-32-33-34-35-36-37-38-40-42-44-46-48-54(58)55-52(51-62-63(59,60)61-50-49-56(3,4)5)53(57)47-45-43-41-39-17-15-13-11-9-7-2/h8,10,14,16-17,19-20,22-23,25-26,39,45,47,52-53,57H,6-7,9,11-13,15,18,21,24,27-38,40-44,46,48-51H2,1-5H3,(H-,55,58,59,60)/p+1/b10-8-,16-14-,20-19-,23-22-,26-25-,39-17+,47-45+. The molecule has 0 bridgehead atoms. The number of aliphatic hydroxyl groups is 1. The van der Waals surface area contributed by atoms with Crippen LogP contribution in [-0.4, -0.2) is 73.4 Å². The number of unbranched alkanes of at least 4 members (excludes halogenated alkanes) is 20. The summed E-state index contributed by atoms with van der Waals surface area (Å²) < 4.78 is 23.5. The van der Waals surface area contributed by atoms with Gasteiger partial charge in [-0.2, -0.15) is 0 Å². The highest BCUT2D eigenvalue weighted by Gasteiger charge is 2.27. The highest BCUT2D eigenvalue weighted by Crippen LogP contribution is 2.43. The molecule has 0 aliphatic carbocycles. The fourth-order valence-electron chi connectivity index (χ4n) is 6.85. The lowest BCUT2D eigenvalue weighted by molar-refractivity contribution is -0.870. The molecule has 63 heavy (non-hydrogen) atoms. The van der Waals surface area contributed by atoms with Crippen LogP contribution in [0.5, 0.6) is 0 Å². The number of hydrogen-bond donors (Lipinski definition) is 3. The van der Waals surface area contributed by atoms with Crippen LogP contribution in [0.1, 0.15) is 200 Å². The molecule has 0 radical (unpaired) electrons. The van der Waals surface area contributed by atoms with Gasteiger partial charge in [0.15, 0.2) is 0 Å². The number of nitrogens with zero attached hydrogens (tertiary/aromatic N) is 1. The second-order valence-corrected chi connectivity index (χ2v) is 19.6. The zero-order valence-corrected chi connectivity index (χ0v) is 42.2. The van der Waals surface area contributed by atoms with Crippen LogP contribution in [0.2, 0.25) is 0 Å². The van der Waals surface area contributed by atoms with E-state index in [0.717, 1.165) is 70.6 Å². The molecule has 0 rings (SSSR count). The lowest BCUT2D eigenvalue weighted by atomic mass is 10.0. The molecule has 3 atom stereocenters. The summed E-state index contributed by atoms with van der Waals surface area (Å²) in [6.45, 7) is 4.63. The maximum absolute atomic E-state index is 12.9. The lowest BCUT2D eigenvalue weighted by Gasteiger charge is -2.25. The molecule has 0 aliphatic rings. The van der Waals surface area contributed by atoms with Crippen molar-refractivity contribution in [2.24, 2.45) is 0 Å². The largest absolute Gasteiger partial charge is 0.472 e. The predicted molar refractivity (Wildman–Crippen MR) is 272 cm³/mol. The average molecular weight is 902 g/mol. The van der Waals surface area contributed by atoms with Crippen LogP contribution in [-0.2, 0) is 18.4 Å². The normalized spacial score (nSPS) is 14.8. The number of likely N-dealkylation sites (N-methyl/N-ethyl adjacent to an activating group) is 1. The van der Waals surface area contributed by atoms with Gasteiger partial charge in [-0.1, -0.05) is 202 Å². The minimum absolute atomic E-state index is 0.0531. The van der Waals surface area contributed by atoms with Gasteiger partial charge in [-0.3, -0.25) is 13.8 Å². The number of carbonyl (C=O) groups is 1. The molecule has 0 aromatic rings. The highest BCUT2D eigenvalue weighted by molar-refractivity contribution is 7.47. The first-order chi connectivity index (χ1) is 30.5. The second-order valence-electron chi connectivity index (χ2n) is 18.2. The Bertz CT molecular complexity index is 1300. The number of phosphoric acid groups is 1. The third-order valence-corrected chi connectivity index (χ3v) is 11.8. The van der Waals surface area contributed by atoms with Crippen LogP contribution >= 0.6 is 7.82 Å². The maximum atomic E-state index is 12.9. The summed E-state index contributed by atoms with van der Waals surface area (Å²) in [6, 6.07) is -0.865. The molecule has 0 aromatic heterocycles. The molecular formula is C54H98N2O6P+. The van der Waals surface area contributed by atoms with Crippen molar-refractivity contribution >= 4 is 13.7 Å². The topological polar surface area (TPSA) is 105 Å². The van der Waals surface area contributed by atoms with Gasteiger partial charge in [-0.15, -0.1) is 0 Å². The summed E-state index contributed by atoms with van der Waals surface area (Å²) in [5.74, 6) is -0.192. The number of quaternary nitrogens is 1. The summed E-state index contributed by atoms with van der Waals surface area (Å²) in [4.78, 5) is 23.1. The molecule has 3 unspecified atom stereocenters. The first-order valence-corrected chi connectivity index (χ1v) is 27.0. The first-order valence-electron chi connectivity index (χ1n) is 25.5. The Balaban J connectivity index is 4.08. The Labute approximate surface area is 388 Å². The van der Waals surface area contributed by atoms with E-state index in [0.29, 0.717) is 17.4 Å². The summed E-state index contributed by atoms with van der Waals surface area (Å²) in [7, 11) is 1.54. The molecule has 0 saturated heterocycles. The molecule has 0 aliphatic heterocycles. The first kappa shape index (κ1) is 60.7. The Kier molecular flexibility index (Phi) is 43.2. The van der Waals surface area contributed by atoms with E-state index >= 15 is 0 Å². The SMILES string of the molecule is CC/C=C\C/C=C\C/C=C\C/C=C\C/C=C\CCCCCCCCCCCCCCCCCC(=O)NC(COP(=O)(O)OCC[N+](C)(C)C)C(O)/C=C/CC/C=C/CCCCCC. The monoisotopic (exact) mass is 902 g/mol. The molecule has 9 heteroatoms. The Hall–Kier alpha value is -2.32. The molecule has 0 spiro atoms. The average Bonchev–Trinajstić information content (AvgIpc) is 3.24. The number of carbonyl (C=O) groups excluding carboxylic acids is 1. The Morgan fingerprint density at radius 2 is 0.968 bits per heavy atom. The van der Waals surface area contributed by atoms with Gasteiger partial charge >= 0.3 is 7.82 Å². The summed E-state index contributed by atoms with van der Waals surface area (Å²) in [6.07, 6.45) is 62.6. The van der Waals surface area contributed by atoms with E-state index in [2.05, 4.69) is 92.1 Å². The number of allylic oxidation sites excluding steroid dienone is 13. The van der Waals surface area contributed by atoms with E-state index in [1.54, 1.807) is 6.08 Å². The van der Waals surface area contributed by atoms with E-state index in [1.165, 1.54) is 109 Å². The fraction of sp³-hybridized carbons (Fsp3) is 0.722. The van der Waals surface area contributed by atoms with Crippen LogP contribution < -0.4 is 5.32 Å². The third-order valence-electron chi connectivity index (χ3n) is 10.8. The van der Waals surface area contributed by atoms with Crippen molar-refractivity contribution in [3.05, 3.63) is 85.1 Å².